The third-order valence-electron chi connectivity index (χ3n) is 3.46. The first-order chi connectivity index (χ1) is 9.34. The molecule has 1 N–H and O–H groups in total. The number of esters is 1. The maximum Gasteiger partial charge on any atom is 0.316 e. The van der Waals surface area contributed by atoms with Crippen LogP contribution in [0.3, 0.4) is 0 Å². The average molecular weight is 351 g/mol. The Labute approximate surface area is 128 Å². The van der Waals surface area contributed by atoms with Crippen molar-refractivity contribution in [3.05, 3.63) is 0 Å². The molecule has 0 aromatic carbocycles. The first kappa shape index (κ1) is 17.6. The number of carbonyl (C=O) groups excluding carboxylic acids is 2. The lowest BCUT2D eigenvalue weighted by Gasteiger charge is -2.30. The van der Waals surface area contributed by atoms with Crippen molar-refractivity contribution in [2.45, 2.75) is 51.2 Å². The predicted molar refractivity (Wildman–Crippen MR) is 77.8 cm³/mol. The van der Waals surface area contributed by atoms with Crippen LogP contribution >= 0.6 is 15.9 Å². The third kappa shape index (κ3) is 5.89. The van der Waals surface area contributed by atoms with E-state index in [9.17, 15) is 14.7 Å². The summed E-state index contributed by atoms with van der Waals surface area (Å²) in [6.07, 6.45) is 3.21. The Balaban J connectivity index is 2.19. The zero-order valence-electron chi connectivity index (χ0n) is 12.1. The van der Waals surface area contributed by atoms with Crippen LogP contribution in [0.1, 0.15) is 39.5 Å². The smallest absolute Gasteiger partial charge is 0.316 e. The Bertz CT molecular complexity index is 329. The molecule has 1 rings (SSSR count). The maximum absolute atomic E-state index is 11.9. The van der Waals surface area contributed by atoms with Gasteiger partial charge in [-0.15, -0.1) is 0 Å². The van der Waals surface area contributed by atoms with E-state index in [0.29, 0.717) is 6.61 Å². The summed E-state index contributed by atoms with van der Waals surface area (Å²) in [6, 6.07) is 0. The quantitative estimate of drug-likeness (QED) is 0.430. The minimum atomic E-state index is -1.25. The van der Waals surface area contributed by atoms with E-state index in [0.717, 1.165) is 25.7 Å². The Kier molecular flexibility index (Phi) is 7.12. The molecule has 0 aromatic heterocycles. The molecule has 5 nitrogen and oxygen atoms in total. The second-order valence-corrected chi connectivity index (χ2v) is 6.18. The van der Waals surface area contributed by atoms with E-state index in [1.165, 1.54) is 13.8 Å². The molecule has 0 bridgehead atoms. The standard InChI is InChI=1S/C14H23BrO5/c1-14(2,18)13(17)10-3-5-11(6-4-10)19-7-8-20-12(16)9-15/h10-11,18H,3-9H2,1-2H3. The molecule has 0 atom stereocenters. The van der Waals surface area contributed by atoms with Gasteiger partial charge in [0.2, 0.25) is 0 Å². The fraction of sp³-hybridized carbons (Fsp3) is 0.857. The van der Waals surface area contributed by atoms with Gasteiger partial charge in [0.05, 0.1) is 12.7 Å². The minimum Gasteiger partial charge on any atom is -0.463 e. The van der Waals surface area contributed by atoms with E-state index in [1.807, 2.05) is 0 Å². The average Bonchev–Trinajstić information content (AvgIpc) is 2.42. The fourth-order valence-corrected chi connectivity index (χ4v) is 2.56. The van der Waals surface area contributed by atoms with Crippen LogP contribution in [-0.2, 0) is 19.1 Å². The zero-order chi connectivity index (χ0) is 15.2. The number of ketones is 1. The monoisotopic (exact) mass is 350 g/mol. The summed E-state index contributed by atoms with van der Waals surface area (Å²) in [6.45, 7) is 3.72. The molecule has 0 spiro atoms. The molecule has 1 fully saturated rings. The predicted octanol–water partition coefficient (Wildman–Crippen LogP) is 1.84. The number of hydrogen-bond donors (Lipinski definition) is 1. The van der Waals surface area contributed by atoms with Crippen molar-refractivity contribution in [3.8, 4) is 0 Å². The summed E-state index contributed by atoms with van der Waals surface area (Å²) in [4.78, 5) is 22.8. The van der Waals surface area contributed by atoms with Crippen molar-refractivity contribution in [1.29, 1.82) is 0 Å². The lowest BCUT2D eigenvalue weighted by molar-refractivity contribution is -0.144. The van der Waals surface area contributed by atoms with Crippen molar-refractivity contribution in [3.63, 3.8) is 0 Å². The number of ether oxygens (including phenoxy) is 2. The molecule has 0 amide bonds. The summed E-state index contributed by atoms with van der Waals surface area (Å²) in [5.41, 5.74) is -1.25. The highest BCUT2D eigenvalue weighted by molar-refractivity contribution is 9.09. The fourth-order valence-electron chi connectivity index (χ4n) is 2.40. The normalized spacial score (nSPS) is 23.4. The van der Waals surface area contributed by atoms with E-state index in [-0.39, 0.29) is 35.7 Å². The number of halogens is 1. The summed E-state index contributed by atoms with van der Waals surface area (Å²) >= 11 is 3.01. The van der Waals surface area contributed by atoms with Gasteiger partial charge in [0, 0.05) is 5.92 Å². The lowest BCUT2D eigenvalue weighted by Crippen LogP contribution is -2.39. The largest absolute Gasteiger partial charge is 0.463 e. The molecule has 20 heavy (non-hydrogen) atoms. The molecule has 0 heterocycles. The Morgan fingerprint density at radius 1 is 1.20 bits per heavy atom. The van der Waals surface area contributed by atoms with Crippen LogP contribution in [0.25, 0.3) is 0 Å². The van der Waals surface area contributed by atoms with Crippen LogP contribution in [0.5, 0.6) is 0 Å². The van der Waals surface area contributed by atoms with Crippen LogP contribution in [0, 0.1) is 5.92 Å². The van der Waals surface area contributed by atoms with Crippen LogP contribution < -0.4 is 0 Å². The molecule has 1 aliphatic rings. The summed E-state index contributed by atoms with van der Waals surface area (Å²) in [5, 5.41) is 9.91. The van der Waals surface area contributed by atoms with Gasteiger partial charge < -0.3 is 14.6 Å². The SMILES string of the molecule is CC(C)(O)C(=O)C1CCC(OCCOC(=O)CBr)CC1. The van der Waals surface area contributed by atoms with Crippen LogP contribution in [0.4, 0.5) is 0 Å². The molecule has 6 heteroatoms. The topological polar surface area (TPSA) is 72.8 Å². The van der Waals surface area contributed by atoms with Crippen LogP contribution in [0.2, 0.25) is 0 Å². The summed E-state index contributed by atoms with van der Waals surface area (Å²) in [5.74, 6) is -0.448. The Morgan fingerprint density at radius 3 is 2.30 bits per heavy atom. The summed E-state index contributed by atoms with van der Waals surface area (Å²) < 4.78 is 10.5. The lowest BCUT2D eigenvalue weighted by atomic mass is 9.80. The number of Topliss-reactive ketones (excluding diaryl/α,β-unsaturated/α-hetero) is 1. The Morgan fingerprint density at radius 2 is 1.80 bits per heavy atom. The molecule has 0 aliphatic heterocycles. The van der Waals surface area contributed by atoms with Crippen molar-refractivity contribution in [2.24, 2.45) is 5.92 Å². The molecule has 0 unspecified atom stereocenters. The summed E-state index contributed by atoms with van der Waals surface area (Å²) in [7, 11) is 0. The molecule has 1 aliphatic carbocycles. The van der Waals surface area contributed by atoms with Gasteiger partial charge in [-0.05, 0) is 39.5 Å². The third-order valence-corrected chi connectivity index (χ3v) is 3.91. The van der Waals surface area contributed by atoms with Gasteiger partial charge in [-0.25, -0.2) is 0 Å². The van der Waals surface area contributed by atoms with Crippen LogP contribution in [0.15, 0.2) is 0 Å². The minimum absolute atomic E-state index is 0.0684. The van der Waals surface area contributed by atoms with E-state index in [1.54, 1.807) is 0 Å². The van der Waals surface area contributed by atoms with Gasteiger partial charge in [0.1, 0.15) is 17.5 Å². The maximum atomic E-state index is 11.9. The van der Waals surface area contributed by atoms with Gasteiger partial charge in [-0.1, -0.05) is 15.9 Å². The van der Waals surface area contributed by atoms with Gasteiger partial charge in [-0.3, -0.25) is 9.59 Å². The van der Waals surface area contributed by atoms with E-state index in [2.05, 4.69) is 15.9 Å². The van der Waals surface area contributed by atoms with Gasteiger partial charge in [0.15, 0.2) is 5.78 Å². The van der Waals surface area contributed by atoms with Gasteiger partial charge >= 0.3 is 5.97 Å². The molecule has 0 radical (unpaired) electrons. The molecule has 1 saturated carbocycles. The molecule has 116 valence electrons. The molecular weight excluding hydrogens is 328 g/mol. The van der Waals surface area contributed by atoms with Crippen molar-refractivity contribution >= 4 is 27.7 Å². The highest BCUT2D eigenvalue weighted by atomic mass is 79.9. The molecule has 0 saturated heterocycles. The number of alkyl halides is 1. The first-order valence-electron chi connectivity index (χ1n) is 6.94. The van der Waals surface area contributed by atoms with Gasteiger partial charge in [-0.2, -0.15) is 0 Å². The number of aliphatic hydroxyl groups is 1. The first-order valence-corrected chi connectivity index (χ1v) is 8.06. The van der Waals surface area contributed by atoms with Crippen LogP contribution in [-0.4, -0.2) is 47.1 Å². The van der Waals surface area contributed by atoms with E-state index >= 15 is 0 Å². The van der Waals surface area contributed by atoms with Crippen molar-refractivity contribution in [2.75, 3.05) is 18.5 Å². The second kappa shape index (κ2) is 8.10. The zero-order valence-corrected chi connectivity index (χ0v) is 13.6. The number of carbonyl (C=O) groups is 2. The van der Waals surface area contributed by atoms with Gasteiger partial charge in [0.25, 0.3) is 0 Å². The van der Waals surface area contributed by atoms with E-state index in [4.69, 9.17) is 9.47 Å². The Hall–Kier alpha value is -0.460. The van der Waals surface area contributed by atoms with Crippen molar-refractivity contribution in [1.82, 2.24) is 0 Å². The van der Waals surface area contributed by atoms with E-state index < -0.39 is 5.60 Å². The van der Waals surface area contributed by atoms with Crippen molar-refractivity contribution < 1.29 is 24.2 Å². The molecule has 0 aromatic rings. The second-order valence-electron chi connectivity index (χ2n) is 5.62. The number of rotatable bonds is 7. The highest BCUT2D eigenvalue weighted by Crippen LogP contribution is 2.29. The molecular formula is C14H23BrO5. The number of hydrogen-bond acceptors (Lipinski definition) is 5. The highest BCUT2D eigenvalue weighted by Gasteiger charge is 2.34.